The van der Waals surface area contributed by atoms with Crippen LogP contribution in [0.3, 0.4) is 0 Å². The SMILES string of the molecule is Oc1cncc(-c2ccc3[nH]nc(-c4nc5c(-c6cc(F)cc(OCCN7CCCC7)c6)nccc5[nH]4)c3c2)c1. The highest BCUT2D eigenvalue weighted by Gasteiger charge is 2.18. The number of H-pyrrole nitrogens is 2. The van der Waals surface area contributed by atoms with E-state index in [2.05, 4.69) is 30.0 Å². The summed E-state index contributed by atoms with van der Waals surface area (Å²) in [5.74, 6) is 0.728. The van der Waals surface area contributed by atoms with Gasteiger partial charge in [0.2, 0.25) is 0 Å². The molecule has 1 aliphatic rings. The third-order valence-electron chi connectivity index (χ3n) is 7.26. The van der Waals surface area contributed by atoms with Crippen molar-refractivity contribution in [3.63, 3.8) is 0 Å². The van der Waals surface area contributed by atoms with Crippen LogP contribution in [0.4, 0.5) is 4.39 Å². The number of pyridine rings is 2. The van der Waals surface area contributed by atoms with Gasteiger partial charge in [-0.2, -0.15) is 5.10 Å². The quantitative estimate of drug-likeness (QED) is 0.245. The second-order valence-electron chi connectivity index (χ2n) is 9.98. The molecule has 9 nitrogen and oxygen atoms in total. The van der Waals surface area contributed by atoms with Crippen molar-refractivity contribution in [2.24, 2.45) is 0 Å². The molecule has 0 saturated carbocycles. The number of ether oxygens (including phenoxy) is 1. The van der Waals surface area contributed by atoms with E-state index in [-0.39, 0.29) is 5.75 Å². The lowest BCUT2D eigenvalue weighted by atomic mass is 10.0. The van der Waals surface area contributed by atoms with Crippen LogP contribution in [-0.4, -0.2) is 66.4 Å². The summed E-state index contributed by atoms with van der Waals surface area (Å²) in [6, 6.07) is 14.0. The van der Waals surface area contributed by atoms with Gasteiger partial charge in [-0.1, -0.05) is 6.07 Å². The second kappa shape index (κ2) is 10.0. The first-order chi connectivity index (χ1) is 19.6. The fourth-order valence-corrected chi connectivity index (χ4v) is 5.30. The van der Waals surface area contributed by atoms with Gasteiger partial charge in [0, 0.05) is 41.5 Å². The van der Waals surface area contributed by atoms with E-state index in [0.717, 1.165) is 47.2 Å². The topological polar surface area (TPSA) is 116 Å². The van der Waals surface area contributed by atoms with E-state index in [1.165, 1.54) is 31.2 Å². The van der Waals surface area contributed by atoms with Gasteiger partial charge in [0.05, 0.1) is 22.9 Å². The highest BCUT2D eigenvalue weighted by atomic mass is 19.1. The molecule has 1 saturated heterocycles. The number of fused-ring (bicyclic) bond motifs is 2. The molecule has 0 radical (unpaired) electrons. The summed E-state index contributed by atoms with van der Waals surface area (Å²) in [7, 11) is 0. The Balaban J connectivity index is 1.23. The van der Waals surface area contributed by atoms with Crippen LogP contribution >= 0.6 is 0 Å². The second-order valence-corrected chi connectivity index (χ2v) is 9.98. The number of nitrogens with one attached hydrogen (secondary N) is 2. The first-order valence-electron chi connectivity index (χ1n) is 13.2. The van der Waals surface area contributed by atoms with E-state index < -0.39 is 5.82 Å². The minimum atomic E-state index is -0.393. The highest BCUT2D eigenvalue weighted by molar-refractivity contribution is 5.97. The fraction of sp³-hybridized carbons (Fsp3) is 0.200. The molecule has 6 aromatic rings. The molecule has 0 aliphatic carbocycles. The normalized spacial score (nSPS) is 13.9. The Hall–Kier alpha value is -4.83. The summed E-state index contributed by atoms with van der Waals surface area (Å²) in [4.78, 5) is 19.2. The van der Waals surface area contributed by atoms with Gasteiger partial charge in [-0.25, -0.2) is 9.37 Å². The summed E-state index contributed by atoms with van der Waals surface area (Å²) in [6.45, 7) is 3.50. The van der Waals surface area contributed by atoms with Gasteiger partial charge in [-0.3, -0.25) is 20.0 Å². The number of halogens is 1. The average molecular weight is 536 g/mol. The van der Waals surface area contributed by atoms with Crippen molar-refractivity contribution < 1.29 is 14.2 Å². The zero-order valence-corrected chi connectivity index (χ0v) is 21.6. The van der Waals surface area contributed by atoms with Crippen LogP contribution in [0.25, 0.3) is 55.8 Å². The molecule has 3 N–H and O–H groups in total. The van der Waals surface area contributed by atoms with Crippen molar-refractivity contribution in [3.8, 4) is 45.4 Å². The van der Waals surface area contributed by atoms with E-state index in [1.54, 1.807) is 18.5 Å². The molecule has 10 heteroatoms. The van der Waals surface area contributed by atoms with Crippen LogP contribution < -0.4 is 4.74 Å². The monoisotopic (exact) mass is 535 g/mol. The molecular weight excluding hydrogens is 509 g/mol. The molecule has 0 bridgehead atoms. The van der Waals surface area contributed by atoms with E-state index in [0.29, 0.717) is 40.6 Å². The third-order valence-corrected chi connectivity index (χ3v) is 7.26. The van der Waals surface area contributed by atoms with Gasteiger partial charge in [-0.05, 0) is 67.9 Å². The average Bonchev–Trinajstić information content (AvgIpc) is 3.72. The van der Waals surface area contributed by atoms with E-state index in [9.17, 15) is 9.50 Å². The molecule has 0 unspecified atom stereocenters. The minimum absolute atomic E-state index is 0.0971. The van der Waals surface area contributed by atoms with Crippen molar-refractivity contribution in [1.29, 1.82) is 0 Å². The Bertz CT molecular complexity index is 1840. The van der Waals surface area contributed by atoms with Crippen molar-refractivity contribution in [1.82, 2.24) is 35.0 Å². The summed E-state index contributed by atoms with van der Waals surface area (Å²) in [5.41, 5.74) is 5.65. The van der Waals surface area contributed by atoms with Gasteiger partial charge in [0.1, 0.15) is 35.1 Å². The number of likely N-dealkylation sites (tertiary alicyclic amines) is 1. The van der Waals surface area contributed by atoms with Gasteiger partial charge in [0.15, 0.2) is 5.82 Å². The standard InChI is InChI=1S/C30H26FN7O2/c31-21-11-19(13-23(15-21)40-10-9-38-7-1-2-8-38)27-29-26(5-6-33-27)34-30(35-29)28-24-14-18(3-4-25(24)36-37-28)20-12-22(39)17-32-16-20/h3-6,11-17,39H,1-2,7-10H2,(H,34,35)(H,36,37). The Morgan fingerprint density at radius 2 is 1.82 bits per heavy atom. The molecule has 4 aromatic heterocycles. The van der Waals surface area contributed by atoms with Crippen molar-refractivity contribution >= 4 is 21.9 Å². The molecule has 200 valence electrons. The molecule has 0 atom stereocenters. The number of rotatable bonds is 7. The molecule has 1 aliphatic heterocycles. The maximum absolute atomic E-state index is 14.7. The Labute approximate surface area is 228 Å². The van der Waals surface area contributed by atoms with Crippen LogP contribution in [0.2, 0.25) is 0 Å². The number of hydrogen-bond donors (Lipinski definition) is 3. The van der Waals surface area contributed by atoms with E-state index in [4.69, 9.17) is 9.72 Å². The van der Waals surface area contributed by atoms with Crippen LogP contribution in [0, 0.1) is 5.82 Å². The zero-order valence-electron chi connectivity index (χ0n) is 21.6. The first-order valence-corrected chi connectivity index (χ1v) is 13.2. The number of aromatic hydroxyl groups is 1. The molecule has 2 aromatic carbocycles. The van der Waals surface area contributed by atoms with Crippen molar-refractivity contribution in [2.75, 3.05) is 26.2 Å². The summed E-state index contributed by atoms with van der Waals surface area (Å²) in [5, 5.41) is 18.3. The largest absolute Gasteiger partial charge is 0.506 e. The molecule has 1 fully saturated rings. The fourth-order valence-electron chi connectivity index (χ4n) is 5.30. The summed E-state index contributed by atoms with van der Waals surface area (Å²) < 4.78 is 20.6. The molecule has 7 rings (SSSR count). The minimum Gasteiger partial charge on any atom is -0.506 e. The van der Waals surface area contributed by atoms with Gasteiger partial charge < -0.3 is 14.8 Å². The Morgan fingerprint density at radius 3 is 2.70 bits per heavy atom. The van der Waals surface area contributed by atoms with Crippen LogP contribution in [0.5, 0.6) is 11.5 Å². The Kier molecular flexibility index (Phi) is 6.09. The maximum Gasteiger partial charge on any atom is 0.159 e. The van der Waals surface area contributed by atoms with Crippen LogP contribution in [0.1, 0.15) is 12.8 Å². The number of aromatic amines is 2. The molecule has 0 spiro atoms. The number of hydrogen-bond acceptors (Lipinski definition) is 7. The predicted octanol–water partition coefficient (Wildman–Crippen LogP) is 5.55. The van der Waals surface area contributed by atoms with E-state index in [1.807, 2.05) is 30.3 Å². The van der Waals surface area contributed by atoms with Crippen LogP contribution in [-0.2, 0) is 0 Å². The maximum atomic E-state index is 14.7. The number of nitrogens with zero attached hydrogens (tertiary/aromatic N) is 5. The summed E-state index contributed by atoms with van der Waals surface area (Å²) >= 11 is 0. The third kappa shape index (κ3) is 4.62. The van der Waals surface area contributed by atoms with Crippen molar-refractivity contribution in [3.05, 3.63) is 72.9 Å². The lowest BCUT2D eigenvalue weighted by Gasteiger charge is -2.15. The molecule has 5 heterocycles. The number of benzene rings is 2. The van der Waals surface area contributed by atoms with Gasteiger partial charge >= 0.3 is 0 Å². The highest BCUT2D eigenvalue weighted by Crippen LogP contribution is 2.34. The first kappa shape index (κ1) is 24.2. The Morgan fingerprint density at radius 1 is 0.925 bits per heavy atom. The molecule has 0 amide bonds. The summed E-state index contributed by atoms with van der Waals surface area (Å²) in [6.07, 6.45) is 7.20. The lowest BCUT2D eigenvalue weighted by molar-refractivity contribution is 0.237. The predicted molar refractivity (Wildman–Crippen MR) is 150 cm³/mol. The smallest absolute Gasteiger partial charge is 0.159 e. The lowest BCUT2D eigenvalue weighted by Crippen LogP contribution is -2.25. The molecule has 40 heavy (non-hydrogen) atoms. The number of imidazole rings is 1. The van der Waals surface area contributed by atoms with Crippen LogP contribution in [0.15, 0.2) is 67.1 Å². The van der Waals surface area contributed by atoms with E-state index >= 15 is 0 Å². The molecular formula is C30H26FN7O2. The zero-order chi connectivity index (χ0) is 27.1. The van der Waals surface area contributed by atoms with Gasteiger partial charge in [0.25, 0.3) is 0 Å². The van der Waals surface area contributed by atoms with Crippen molar-refractivity contribution in [2.45, 2.75) is 12.8 Å². The number of aromatic nitrogens is 6. The van der Waals surface area contributed by atoms with Gasteiger partial charge in [-0.15, -0.1) is 0 Å².